The predicted molar refractivity (Wildman–Crippen MR) is 90.6 cm³/mol. The molecule has 3 atom stereocenters. The molecule has 1 aliphatic carbocycles. The van der Waals surface area contributed by atoms with Gasteiger partial charge in [0.05, 0.1) is 0 Å². The van der Waals surface area contributed by atoms with Crippen LogP contribution in [-0.4, -0.2) is 12.6 Å². The van der Waals surface area contributed by atoms with E-state index < -0.39 is 0 Å². The van der Waals surface area contributed by atoms with Gasteiger partial charge in [-0.3, -0.25) is 0 Å². The topological polar surface area (TPSA) is 12.0 Å². The van der Waals surface area contributed by atoms with Crippen molar-refractivity contribution in [2.24, 2.45) is 11.8 Å². The van der Waals surface area contributed by atoms with Crippen molar-refractivity contribution in [3.8, 4) is 0 Å². The molecule has 0 aromatic carbocycles. The Morgan fingerprint density at radius 1 is 1.25 bits per heavy atom. The average Bonchev–Trinajstić information content (AvgIpc) is 2.91. The van der Waals surface area contributed by atoms with Gasteiger partial charge in [0.1, 0.15) is 0 Å². The van der Waals surface area contributed by atoms with E-state index in [1.165, 1.54) is 56.4 Å². The van der Waals surface area contributed by atoms with Gasteiger partial charge in [-0.05, 0) is 62.6 Å². The minimum Gasteiger partial charge on any atom is -0.313 e. The number of thiophene rings is 1. The molecule has 0 aliphatic heterocycles. The molecule has 3 unspecified atom stereocenters. The summed E-state index contributed by atoms with van der Waals surface area (Å²) in [5.41, 5.74) is 0. The zero-order chi connectivity index (χ0) is 14.4. The Kier molecular flexibility index (Phi) is 6.57. The lowest BCUT2D eigenvalue weighted by atomic mass is 9.77. The van der Waals surface area contributed by atoms with Crippen LogP contribution < -0.4 is 5.32 Å². The second-order valence-corrected chi connectivity index (χ2v) is 7.77. The second kappa shape index (κ2) is 8.19. The molecular weight excluding hydrogens is 262 g/mol. The Bertz CT molecular complexity index is 385. The number of rotatable bonds is 7. The fraction of sp³-hybridized carbons (Fsp3) is 0.778. The SMILES string of the molecule is CCCNC(Cc1ccc(CC)s1)C1CCCC(C)C1. The second-order valence-electron chi connectivity index (χ2n) is 6.52. The van der Waals surface area contributed by atoms with Crippen LogP contribution in [0.15, 0.2) is 12.1 Å². The van der Waals surface area contributed by atoms with Crippen LogP contribution in [0.5, 0.6) is 0 Å². The van der Waals surface area contributed by atoms with E-state index in [1.54, 1.807) is 4.88 Å². The largest absolute Gasteiger partial charge is 0.313 e. The molecular formula is C18H31NS. The lowest BCUT2D eigenvalue weighted by molar-refractivity contribution is 0.221. The zero-order valence-corrected chi connectivity index (χ0v) is 14.3. The molecule has 1 saturated carbocycles. The van der Waals surface area contributed by atoms with E-state index >= 15 is 0 Å². The molecule has 1 aromatic heterocycles. The van der Waals surface area contributed by atoms with Gasteiger partial charge in [0.2, 0.25) is 0 Å². The molecule has 1 aromatic rings. The van der Waals surface area contributed by atoms with Gasteiger partial charge in [0.25, 0.3) is 0 Å². The van der Waals surface area contributed by atoms with Crippen LogP contribution >= 0.6 is 11.3 Å². The van der Waals surface area contributed by atoms with Gasteiger partial charge < -0.3 is 5.32 Å². The highest BCUT2D eigenvalue weighted by Gasteiger charge is 2.26. The maximum atomic E-state index is 3.84. The number of aryl methyl sites for hydroxylation is 1. The minimum atomic E-state index is 0.695. The van der Waals surface area contributed by atoms with Crippen LogP contribution in [0.25, 0.3) is 0 Å². The number of hydrogen-bond acceptors (Lipinski definition) is 2. The Morgan fingerprint density at radius 2 is 2.05 bits per heavy atom. The van der Waals surface area contributed by atoms with Crippen molar-refractivity contribution in [1.29, 1.82) is 0 Å². The molecule has 2 heteroatoms. The molecule has 114 valence electrons. The molecule has 1 N–H and O–H groups in total. The molecule has 20 heavy (non-hydrogen) atoms. The third-order valence-electron chi connectivity index (χ3n) is 4.69. The summed E-state index contributed by atoms with van der Waals surface area (Å²) in [5, 5.41) is 3.84. The Morgan fingerprint density at radius 3 is 2.70 bits per heavy atom. The molecule has 0 bridgehead atoms. The number of nitrogens with one attached hydrogen (secondary N) is 1. The minimum absolute atomic E-state index is 0.695. The third kappa shape index (κ3) is 4.60. The lowest BCUT2D eigenvalue weighted by Gasteiger charge is -2.34. The summed E-state index contributed by atoms with van der Waals surface area (Å²) in [6, 6.07) is 5.37. The van der Waals surface area contributed by atoms with E-state index in [-0.39, 0.29) is 0 Å². The normalized spacial score (nSPS) is 24.8. The Hall–Kier alpha value is -0.340. The van der Waals surface area contributed by atoms with Crippen molar-refractivity contribution in [1.82, 2.24) is 5.32 Å². The molecule has 0 amide bonds. The van der Waals surface area contributed by atoms with Crippen molar-refractivity contribution in [2.75, 3.05) is 6.54 Å². The highest BCUT2D eigenvalue weighted by Crippen LogP contribution is 2.32. The lowest BCUT2D eigenvalue weighted by Crippen LogP contribution is -2.40. The summed E-state index contributed by atoms with van der Waals surface area (Å²) in [6.07, 6.45) is 9.38. The fourth-order valence-electron chi connectivity index (χ4n) is 3.52. The Balaban J connectivity index is 1.98. The maximum Gasteiger partial charge on any atom is 0.0144 e. The van der Waals surface area contributed by atoms with Crippen molar-refractivity contribution < 1.29 is 0 Å². The van der Waals surface area contributed by atoms with Gasteiger partial charge in [-0.25, -0.2) is 0 Å². The van der Waals surface area contributed by atoms with E-state index in [4.69, 9.17) is 0 Å². The van der Waals surface area contributed by atoms with Crippen molar-refractivity contribution >= 4 is 11.3 Å². The summed E-state index contributed by atoms with van der Waals surface area (Å²) in [4.78, 5) is 3.11. The van der Waals surface area contributed by atoms with E-state index in [9.17, 15) is 0 Å². The zero-order valence-electron chi connectivity index (χ0n) is 13.5. The van der Waals surface area contributed by atoms with Crippen LogP contribution in [0.1, 0.15) is 62.6 Å². The van der Waals surface area contributed by atoms with Gasteiger partial charge >= 0.3 is 0 Å². The summed E-state index contributed by atoms with van der Waals surface area (Å²) in [7, 11) is 0. The standard InChI is InChI=1S/C18H31NS/c1-4-11-19-18(15-8-6-7-14(3)12-15)13-17-10-9-16(5-2)20-17/h9-10,14-15,18-19H,4-8,11-13H2,1-3H3. The molecule has 0 saturated heterocycles. The van der Waals surface area contributed by atoms with Crippen molar-refractivity contribution in [3.63, 3.8) is 0 Å². The molecule has 1 heterocycles. The van der Waals surface area contributed by atoms with Crippen molar-refractivity contribution in [3.05, 3.63) is 21.9 Å². The summed E-state index contributed by atoms with van der Waals surface area (Å²) in [6.45, 7) is 8.13. The molecule has 0 radical (unpaired) electrons. The first kappa shape index (κ1) is 16.0. The number of hydrogen-bond donors (Lipinski definition) is 1. The third-order valence-corrected chi connectivity index (χ3v) is 5.94. The van der Waals surface area contributed by atoms with Gasteiger partial charge in [-0.1, -0.05) is 33.6 Å². The van der Waals surface area contributed by atoms with Gasteiger partial charge in [-0.15, -0.1) is 11.3 Å². The predicted octanol–water partition coefficient (Wildman–Crippen LogP) is 5.05. The van der Waals surface area contributed by atoms with Gasteiger partial charge in [0, 0.05) is 15.8 Å². The first-order valence-electron chi connectivity index (χ1n) is 8.53. The summed E-state index contributed by atoms with van der Waals surface area (Å²) < 4.78 is 0. The molecule has 1 nitrogen and oxygen atoms in total. The van der Waals surface area contributed by atoms with Crippen LogP contribution in [0, 0.1) is 11.8 Å². The van der Waals surface area contributed by atoms with E-state index in [2.05, 4.69) is 38.2 Å². The first-order valence-corrected chi connectivity index (χ1v) is 9.35. The smallest absolute Gasteiger partial charge is 0.0144 e. The quantitative estimate of drug-likeness (QED) is 0.742. The van der Waals surface area contributed by atoms with E-state index in [0.29, 0.717) is 6.04 Å². The van der Waals surface area contributed by atoms with Crippen LogP contribution in [0.3, 0.4) is 0 Å². The van der Waals surface area contributed by atoms with Crippen LogP contribution in [-0.2, 0) is 12.8 Å². The van der Waals surface area contributed by atoms with Gasteiger partial charge in [-0.2, -0.15) is 0 Å². The van der Waals surface area contributed by atoms with Crippen molar-refractivity contribution in [2.45, 2.75) is 71.8 Å². The summed E-state index contributed by atoms with van der Waals surface area (Å²) in [5.74, 6) is 1.81. The maximum absolute atomic E-state index is 3.84. The molecule has 1 aliphatic rings. The first-order chi connectivity index (χ1) is 9.72. The van der Waals surface area contributed by atoms with Crippen LogP contribution in [0.2, 0.25) is 0 Å². The van der Waals surface area contributed by atoms with E-state index in [0.717, 1.165) is 11.8 Å². The molecule has 2 rings (SSSR count). The Labute approximate surface area is 129 Å². The highest BCUT2D eigenvalue weighted by atomic mass is 32.1. The monoisotopic (exact) mass is 293 g/mol. The van der Waals surface area contributed by atoms with E-state index in [1.807, 2.05) is 11.3 Å². The van der Waals surface area contributed by atoms with Crippen LogP contribution in [0.4, 0.5) is 0 Å². The average molecular weight is 294 g/mol. The molecule has 0 spiro atoms. The summed E-state index contributed by atoms with van der Waals surface area (Å²) >= 11 is 2.02. The van der Waals surface area contributed by atoms with Gasteiger partial charge in [0.15, 0.2) is 0 Å². The highest BCUT2D eigenvalue weighted by molar-refractivity contribution is 7.11. The molecule has 1 fully saturated rings. The fourth-order valence-corrected chi connectivity index (χ4v) is 4.54.